The van der Waals surface area contributed by atoms with Gasteiger partial charge in [-0.25, -0.2) is 0 Å². The fourth-order valence-corrected chi connectivity index (χ4v) is 2.70. The number of anilines is 1. The van der Waals surface area contributed by atoms with Crippen LogP contribution in [0, 0.1) is 10.1 Å². The number of non-ortho nitro benzene ring substituents is 1. The highest BCUT2D eigenvalue weighted by Gasteiger charge is 2.30. The molecule has 1 heterocycles. The summed E-state index contributed by atoms with van der Waals surface area (Å²) in [5, 5.41) is 26.3. The number of hydrogen-bond acceptors (Lipinski definition) is 6. The van der Waals surface area contributed by atoms with E-state index in [1.54, 1.807) is 0 Å². The summed E-state index contributed by atoms with van der Waals surface area (Å²) < 4.78 is 45.3. The molecular weight excluding hydrogens is 449 g/mol. The van der Waals surface area contributed by atoms with Crippen molar-refractivity contribution in [3.8, 4) is 11.5 Å². The third kappa shape index (κ3) is 6.29. The van der Waals surface area contributed by atoms with Gasteiger partial charge in [0.2, 0.25) is 0 Å². The van der Waals surface area contributed by atoms with E-state index in [0.717, 1.165) is 30.3 Å². The molecule has 33 heavy (non-hydrogen) atoms. The minimum Gasteiger partial charge on any atom is -0.481 e. The SMILES string of the molecule is O=C(O)CCn1ccc(C(=O)Nc2cc(Oc3cccc(C(F)(F)F)c3)cc([N+](=O)[O-])c2)n1. The number of hydrogen-bond donors (Lipinski definition) is 2. The molecule has 0 bridgehead atoms. The van der Waals surface area contributed by atoms with E-state index in [9.17, 15) is 32.9 Å². The maximum atomic E-state index is 12.9. The number of carbonyl (C=O) groups is 2. The summed E-state index contributed by atoms with van der Waals surface area (Å²) in [4.78, 5) is 33.6. The lowest BCUT2D eigenvalue weighted by Crippen LogP contribution is -2.14. The van der Waals surface area contributed by atoms with Crippen LogP contribution in [0.15, 0.2) is 54.7 Å². The Morgan fingerprint density at radius 2 is 1.91 bits per heavy atom. The van der Waals surface area contributed by atoms with Crippen molar-refractivity contribution in [2.24, 2.45) is 0 Å². The number of carboxylic acid groups (broad SMARTS) is 1. The van der Waals surface area contributed by atoms with Crippen LogP contribution in [0.3, 0.4) is 0 Å². The highest BCUT2D eigenvalue weighted by molar-refractivity contribution is 6.03. The first-order chi connectivity index (χ1) is 15.5. The molecule has 0 spiro atoms. The Morgan fingerprint density at radius 1 is 1.15 bits per heavy atom. The first-order valence-corrected chi connectivity index (χ1v) is 9.22. The third-order valence-corrected chi connectivity index (χ3v) is 4.19. The fourth-order valence-electron chi connectivity index (χ4n) is 2.70. The number of halogens is 3. The summed E-state index contributed by atoms with van der Waals surface area (Å²) in [7, 11) is 0. The van der Waals surface area contributed by atoms with Crippen molar-refractivity contribution in [1.29, 1.82) is 0 Å². The number of amides is 1. The van der Waals surface area contributed by atoms with Crippen LogP contribution in [-0.4, -0.2) is 31.7 Å². The van der Waals surface area contributed by atoms with Crippen molar-refractivity contribution >= 4 is 23.3 Å². The zero-order valence-corrected chi connectivity index (χ0v) is 16.6. The lowest BCUT2D eigenvalue weighted by atomic mass is 10.2. The average molecular weight is 464 g/mol. The molecule has 0 saturated carbocycles. The Balaban J connectivity index is 1.81. The average Bonchev–Trinajstić information content (AvgIpc) is 3.21. The van der Waals surface area contributed by atoms with Crippen molar-refractivity contribution in [3.63, 3.8) is 0 Å². The number of aryl methyl sites for hydroxylation is 1. The van der Waals surface area contributed by atoms with Crippen molar-refractivity contribution in [3.05, 3.63) is 76.1 Å². The van der Waals surface area contributed by atoms with Gasteiger partial charge in [-0.1, -0.05) is 6.07 Å². The number of alkyl halides is 3. The Hall–Kier alpha value is -4.42. The van der Waals surface area contributed by atoms with E-state index in [1.807, 2.05) is 0 Å². The molecule has 1 aromatic heterocycles. The number of aromatic nitrogens is 2. The lowest BCUT2D eigenvalue weighted by Gasteiger charge is -2.11. The number of nitrogens with one attached hydrogen (secondary N) is 1. The van der Waals surface area contributed by atoms with Gasteiger partial charge in [-0.2, -0.15) is 18.3 Å². The monoisotopic (exact) mass is 464 g/mol. The molecular formula is C20H15F3N4O6. The fraction of sp³-hybridized carbons (Fsp3) is 0.150. The maximum absolute atomic E-state index is 12.9. The molecule has 13 heteroatoms. The topological polar surface area (TPSA) is 137 Å². The van der Waals surface area contributed by atoms with Gasteiger partial charge in [0, 0.05) is 18.3 Å². The van der Waals surface area contributed by atoms with Crippen LogP contribution in [0.25, 0.3) is 0 Å². The second-order valence-corrected chi connectivity index (χ2v) is 6.66. The van der Waals surface area contributed by atoms with E-state index in [1.165, 1.54) is 29.1 Å². The summed E-state index contributed by atoms with van der Waals surface area (Å²) in [5.41, 5.74) is -1.57. The number of nitrogens with zero attached hydrogens (tertiary/aromatic N) is 3. The Bertz CT molecular complexity index is 1210. The number of carbonyl (C=O) groups excluding carboxylic acids is 1. The molecule has 2 N–H and O–H groups in total. The molecule has 0 saturated heterocycles. The van der Waals surface area contributed by atoms with Crippen LogP contribution in [0.2, 0.25) is 0 Å². The maximum Gasteiger partial charge on any atom is 0.416 e. The largest absolute Gasteiger partial charge is 0.481 e. The van der Waals surface area contributed by atoms with Gasteiger partial charge in [0.15, 0.2) is 5.69 Å². The smallest absolute Gasteiger partial charge is 0.416 e. The van der Waals surface area contributed by atoms with Crippen molar-refractivity contribution in [2.75, 3.05) is 5.32 Å². The van der Waals surface area contributed by atoms with Gasteiger partial charge in [-0.05, 0) is 24.3 Å². The third-order valence-electron chi connectivity index (χ3n) is 4.19. The minimum absolute atomic E-state index is 0.0361. The number of ether oxygens (including phenoxy) is 1. The first kappa shape index (κ1) is 23.2. The first-order valence-electron chi connectivity index (χ1n) is 9.22. The second kappa shape index (κ2) is 9.38. The zero-order valence-electron chi connectivity index (χ0n) is 16.6. The highest BCUT2D eigenvalue weighted by atomic mass is 19.4. The molecule has 1 amide bonds. The molecule has 0 unspecified atom stereocenters. The number of rotatable bonds is 8. The van der Waals surface area contributed by atoms with E-state index in [0.29, 0.717) is 0 Å². The molecule has 10 nitrogen and oxygen atoms in total. The molecule has 0 atom stereocenters. The molecule has 3 aromatic rings. The van der Waals surface area contributed by atoms with Crippen LogP contribution >= 0.6 is 0 Å². The number of carboxylic acids is 1. The molecule has 0 radical (unpaired) electrons. The van der Waals surface area contributed by atoms with Gasteiger partial charge >= 0.3 is 12.1 Å². The van der Waals surface area contributed by atoms with Crippen LogP contribution in [0.5, 0.6) is 11.5 Å². The minimum atomic E-state index is -4.60. The molecule has 2 aromatic carbocycles. The summed E-state index contributed by atoms with van der Waals surface area (Å²) in [6, 6.07) is 8.52. The molecule has 0 fully saturated rings. The van der Waals surface area contributed by atoms with E-state index in [-0.39, 0.29) is 35.8 Å². The summed E-state index contributed by atoms with van der Waals surface area (Å²) >= 11 is 0. The van der Waals surface area contributed by atoms with Gasteiger partial charge in [0.05, 0.1) is 35.2 Å². The number of benzene rings is 2. The summed E-state index contributed by atoms with van der Waals surface area (Å²) in [6.07, 6.45) is -3.41. The van der Waals surface area contributed by atoms with Gasteiger partial charge in [-0.3, -0.25) is 24.4 Å². The van der Waals surface area contributed by atoms with Crippen molar-refractivity contribution in [2.45, 2.75) is 19.1 Å². The predicted octanol–water partition coefficient (Wildman–Crippen LogP) is 4.33. The Morgan fingerprint density at radius 3 is 2.58 bits per heavy atom. The predicted molar refractivity (Wildman–Crippen MR) is 107 cm³/mol. The number of nitro benzene ring substituents is 1. The van der Waals surface area contributed by atoms with Crippen molar-refractivity contribution in [1.82, 2.24) is 9.78 Å². The molecule has 0 aliphatic heterocycles. The van der Waals surface area contributed by atoms with Gasteiger partial charge in [0.25, 0.3) is 11.6 Å². The molecule has 0 aliphatic rings. The van der Waals surface area contributed by atoms with Gasteiger partial charge in [0.1, 0.15) is 11.5 Å². The van der Waals surface area contributed by atoms with Crippen LogP contribution in [-0.2, 0) is 17.5 Å². The van der Waals surface area contributed by atoms with Crippen molar-refractivity contribution < 1.29 is 37.5 Å². The molecule has 3 rings (SSSR count). The van der Waals surface area contributed by atoms with Crippen LogP contribution in [0.4, 0.5) is 24.5 Å². The standard InChI is InChI=1S/C20H15F3N4O6/c21-20(22,23)12-2-1-3-15(8-12)33-16-10-13(9-14(11-16)27(31)32)24-19(30)17-4-6-26(25-17)7-5-18(28)29/h1-4,6,8-11H,5,7H2,(H,24,30)(H,28,29). The Labute approximate surface area is 183 Å². The second-order valence-electron chi connectivity index (χ2n) is 6.66. The number of aliphatic carboxylic acids is 1. The molecule has 0 aliphatic carbocycles. The Kier molecular flexibility index (Phi) is 6.61. The van der Waals surface area contributed by atoms with Crippen LogP contribution in [0.1, 0.15) is 22.5 Å². The summed E-state index contributed by atoms with van der Waals surface area (Å²) in [5.74, 6) is -2.17. The quantitative estimate of drug-likeness (QED) is 0.374. The zero-order chi connectivity index (χ0) is 24.2. The number of nitro groups is 1. The van der Waals surface area contributed by atoms with E-state index >= 15 is 0 Å². The summed E-state index contributed by atoms with van der Waals surface area (Å²) in [6.45, 7) is 0.0361. The molecule has 172 valence electrons. The van der Waals surface area contributed by atoms with E-state index in [4.69, 9.17) is 9.84 Å². The van der Waals surface area contributed by atoms with E-state index < -0.39 is 34.2 Å². The van der Waals surface area contributed by atoms with Gasteiger partial charge < -0.3 is 15.2 Å². The van der Waals surface area contributed by atoms with Crippen LogP contribution < -0.4 is 10.1 Å². The van der Waals surface area contributed by atoms with Gasteiger partial charge in [-0.15, -0.1) is 0 Å². The van der Waals surface area contributed by atoms with E-state index in [2.05, 4.69) is 10.4 Å². The normalized spacial score (nSPS) is 11.1. The highest BCUT2D eigenvalue weighted by Crippen LogP contribution is 2.34. The lowest BCUT2D eigenvalue weighted by molar-refractivity contribution is -0.384.